The number of imidazole rings is 1. The fraction of sp³-hybridized carbons (Fsp3) is 0.167. The summed E-state index contributed by atoms with van der Waals surface area (Å²) in [5.74, 6) is 1.33. The molecular weight excluding hydrogens is 433 g/mol. The molecule has 31 heavy (non-hydrogen) atoms. The SMILES string of the molecule is O=C(NCCc1nc2ccccc2n1CCOc1ccccc1Cl)c1ccccc1Cl. The van der Waals surface area contributed by atoms with Crippen LogP contribution in [0, 0.1) is 0 Å². The Bertz CT molecular complexity index is 1210. The molecule has 0 radical (unpaired) electrons. The van der Waals surface area contributed by atoms with Crippen molar-refractivity contribution < 1.29 is 9.53 Å². The van der Waals surface area contributed by atoms with Gasteiger partial charge in [-0.3, -0.25) is 4.79 Å². The summed E-state index contributed by atoms with van der Waals surface area (Å²) < 4.78 is 7.98. The van der Waals surface area contributed by atoms with Crippen molar-refractivity contribution in [2.75, 3.05) is 13.2 Å². The van der Waals surface area contributed by atoms with Crippen molar-refractivity contribution in [3.63, 3.8) is 0 Å². The molecule has 4 rings (SSSR count). The summed E-state index contributed by atoms with van der Waals surface area (Å²) in [4.78, 5) is 17.2. The van der Waals surface area contributed by atoms with Gasteiger partial charge >= 0.3 is 0 Å². The zero-order chi connectivity index (χ0) is 21.6. The van der Waals surface area contributed by atoms with E-state index in [-0.39, 0.29) is 5.91 Å². The van der Waals surface area contributed by atoms with Gasteiger partial charge in [0.1, 0.15) is 18.2 Å². The van der Waals surface area contributed by atoms with Crippen molar-refractivity contribution in [2.24, 2.45) is 0 Å². The van der Waals surface area contributed by atoms with Gasteiger partial charge in [-0.25, -0.2) is 4.98 Å². The molecule has 0 saturated heterocycles. The van der Waals surface area contributed by atoms with E-state index in [0.717, 1.165) is 16.9 Å². The average molecular weight is 454 g/mol. The van der Waals surface area contributed by atoms with Crippen molar-refractivity contribution in [2.45, 2.75) is 13.0 Å². The largest absolute Gasteiger partial charge is 0.490 e. The van der Waals surface area contributed by atoms with Gasteiger partial charge in [0, 0.05) is 13.0 Å². The van der Waals surface area contributed by atoms with Crippen LogP contribution in [0.1, 0.15) is 16.2 Å². The fourth-order valence-corrected chi connectivity index (χ4v) is 3.81. The molecular formula is C24H21Cl2N3O2. The van der Waals surface area contributed by atoms with E-state index >= 15 is 0 Å². The van der Waals surface area contributed by atoms with Crippen LogP contribution < -0.4 is 10.1 Å². The first-order valence-corrected chi connectivity index (χ1v) is 10.7. The number of aromatic nitrogens is 2. The summed E-state index contributed by atoms with van der Waals surface area (Å²) in [7, 11) is 0. The van der Waals surface area contributed by atoms with Gasteiger partial charge in [-0.2, -0.15) is 0 Å². The molecule has 0 saturated carbocycles. The Morgan fingerprint density at radius 3 is 2.45 bits per heavy atom. The predicted octanol–water partition coefficient (Wildman–Crippen LogP) is 5.39. The van der Waals surface area contributed by atoms with Crippen molar-refractivity contribution >= 4 is 40.1 Å². The van der Waals surface area contributed by atoms with E-state index in [1.807, 2.05) is 42.5 Å². The number of rotatable bonds is 8. The zero-order valence-corrected chi connectivity index (χ0v) is 18.2. The third kappa shape index (κ3) is 5.01. The minimum absolute atomic E-state index is 0.199. The second-order valence-electron chi connectivity index (χ2n) is 6.93. The van der Waals surface area contributed by atoms with E-state index in [2.05, 4.69) is 9.88 Å². The van der Waals surface area contributed by atoms with Crippen LogP contribution in [0.5, 0.6) is 5.75 Å². The number of halogens is 2. The first-order chi connectivity index (χ1) is 15.1. The molecule has 0 fully saturated rings. The molecule has 1 aromatic heterocycles. The summed E-state index contributed by atoms with van der Waals surface area (Å²) in [5.41, 5.74) is 2.40. The standard InChI is InChI=1S/C24H21Cl2N3O2/c25-18-8-2-1-7-17(18)24(30)27-14-13-23-28-20-10-4-5-11-21(20)29(23)15-16-31-22-12-6-3-9-19(22)26/h1-12H,13-16H2,(H,27,30). The van der Waals surface area contributed by atoms with Crippen molar-refractivity contribution in [1.82, 2.24) is 14.9 Å². The van der Waals surface area contributed by atoms with Crippen molar-refractivity contribution in [3.05, 3.63) is 94.2 Å². The molecule has 158 valence electrons. The molecule has 0 unspecified atom stereocenters. The Morgan fingerprint density at radius 2 is 1.65 bits per heavy atom. The summed E-state index contributed by atoms with van der Waals surface area (Å²) in [5, 5.41) is 3.94. The third-order valence-electron chi connectivity index (χ3n) is 4.90. The van der Waals surface area contributed by atoms with Gasteiger partial charge < -0.3 is 14.6 Å². The highest BCUT2D eigenvalue weighted by Gasteiger charge is 2.13. The van der Waals surface area contributed by atoms with Gasteiger partial charge in [0.15, 0.2) is 0 Å². The van der Waals surface area contributed by atoms with Gasteiger partial charge in [0.25, 0.3) is 5.91 Å². The van der Waals surface area contributed by atoms with Crippen LogP contribution in [0.4, 0.5) is 0 Å². The Balaban J connectivity index is 1.44. The van der Waals surface area contributed by atoms with Crippen LogP contribution in [0.2, 0.25) is 10.0 Å². The maximum absolute atomic E-state index is 12.4. The predicted molar refractivity (Wildman–Crippen MR) is 124 cm³/mol. The van der Waals surface area contributed by atoms with Crippen LogP contribution in [0.15, 0.2) is 72.8 Å². The maximum atomic E-state index is 12.4. The average Bonchev–Trinajstić information content (AvgIpc) is 3.13. The van der Waals surface area contributed by atoms with Gasteiger partial charge in [0.2, 0.25) is 0 Å². The van der Waals surface area contributed by atoms with E-state index < -0.39 is 0 Å². The lowest BCUT2D eigenvalue weighted by molar-refractivity contribution is 0.0954. The molecule has 0 aliphatic rings. The molecule has 0 atom stereocenters. The van der Waals surface area contributed by atoms with Crippen molar-refractivity contribution in [1.29, 1.82) is 0 Å². The fourth-order valence-electron chi connectivity index (χ4n) is 3.40. The summed E-state index contributed by atoms with van der Waals surface area (Å²) in [6.07, 6.45) is 0.580. The number of nitrogens with one attached hydrogen (secondary N) is 1. The van der Waals surface area contributed by atoms with E-state index in [0.29, 0.717) is 47.5 Å². The van der Waals surface area contributed by atoms with Gasteiger partial charge in [-0.05, 0) is 36.4 Å². The number of hydrogen-bond acceptors (Lipinski definition) is 3. The molecule has 1 heterocycles. The lowest BCUT2D eigenvalue weighted by Crippen LogP contribution is -2.27. The number of carbonyl (C=O) groups is 1. The first kappa shape index (κ1) is 21.2. The van der Waals surface area contributed by atoms with Gasteiger partial charge in [-0.1, -0.05) is 59.6 Å². The quantitative estimate of drug-likeness (QED) is 0.388. The normalized spacial score (nSPS) is 10.9. The second kappa shape index (κ2) is 9.86. The molecule has 0 spiro atoms. The van der Waals surface area contributed by atoms with E-state index in [1.165, 1.54) is 0 Å². The molecule has 0 bridgehead atoms. The lowest BCUT2D eigenvalue weighted by atomic mass is 10.2. The molecule has 0 aliphatic carbocycles. The number of ether oxygens (including phenoxy) is 1. The summed E-state index contributed by atoms with van der Waals surface area (Å²) in [6, 6.07) is 22.4. The number of hydrogen-bond donors (Lipinski definition) is 1. The number of fused-ring (bicyclic) bond motifs is 1. The monoisotopic (exact) mass is 453 g/mol. The number of carbonyl (C=O) groups excluding carboxylic acids is 1. The maximum Gasteiger partial charge on any atom is 0.252 e. The lowest BCUT2D eigenvalue weighted by Gasteiger charge is -2.12. The Kier molecular flexibility index (Phi) is 6.75. The molecule has 4 aromatic rings. The Morgan fingerprint density at radius 1 is 0.935 bits per heavy atom. The number of nitrogens with zero attached hydrogens (tertiary/aromatic N) is 2. The van der Waals surface area contributed by atoms with Crippen LogP contribution in [-0.4, -0.2) is 28.6 Å². The van der Waals surface area contributed by atoms with E-state index in [9.17, 15) is 4.79 Å². The zero-order valence-electron chi connectivity index (χ0n) is 16.7. The molecule has 5 nitrogen and oxygen atoms in total. The van der Waals surface area contributed by atoms with Crippen LogP contribution in [-0.2, 0) is 13.0 Å². The van der Waals surface area contributed by atoms with Crippen LogP contribution in [0.25, 0.3) is 11.0 Å². The molecule has 1 amide bonds. The topological polar surface area (TPSA) is 56.2 Å². The second-order valence-corrected chi connectivity index (χ2v) is 7.75. The number of amides is 1. The molecule has 1 N–H and O–H groups in total. The van der Waals surface area contributed by atoms with Crippen LogP contribution in [0.3, 0.4) is 0 Å². The third-order valence-corrected chi connectivity index (χ3v) is 5.54. The van der Waals surface area contributed by atoms with E-state index in [4.69, 9.17) is 32.9 Å². The first-order valence-electron chi connectivity index (χ1n) is 9.97. The van der Waals surface area contributed by atoms with E-state index in [1.54, 1.807) is 30.3 Å². The Hall–Kier alpha value is -3.02. The minimum Gasteiger partial charge on any atom is -0.490 e. The smallest absolute Gasteiger partial charge is 0.252 e. The molecule has 3 aromatic carbocycles. The van der Waals surface area contributed by atoms with Gasteiger partial charge in [-0.15, -0.1) is 0 Å². The summed E-state index contributed by atoms with van der Waals surface area (Å²) >= 11 is 12.3. The Labute approximate surface area is 190 Å². The molecule has 0 aliphatic heterocycles. The highest BCUT2D eigenvalue weighted by atomic mass is 35.5. The highest BCUT2D eigenvalue weighted by Crippen LogP contribution is 2.23. The molecule has 7 heteroatoms. The number of benzene rings is 3. The summed E-state index contributed by atoms with van der Waals surface area (Å²) in [6.45, 7) is 1.50. The van der Waals surface area contributed by atoms with Crippen LogP contribution >= 0.6 is 23.2 Å². The minimum atomic E-state index is -0.199. The van der Waals surface area contributed by atoms with Crippen molar-refractivity contribution in [3.8, 4) is 5.75 Å². The number of para-hydroxylation sites is 3. The highest BCUT2D eigenvalue weighted by molar-refractivity contribution is 6.33. The van der Waals surface area contributed by atoms with Gasteiger partial charge in [0.05, 0.1) is 33.2 Å².